The number of carbonyl (C=O) groups is 1. The molecule has 0 fully saturated rings. The number of hydrogen-bond donors (Lipinski definition) is 2. The summed E-state index contributed by atoms with van der Waals surface area (Å²) in [5, 5.41) is 16.9. The molecule has 0 saturated heterocycles. The van der Waals surface area contributed by atoms with Gasteiger partial charge in [0.05, 0.1) is 5.92 Å². The summed E-state index contributed by atoms with van der Waals surface area (Å²) in [6.07, 6.45) is 0.795. The van der Waals surface area contributed by atoms with Crippen molar-refractivity contribution < 1.29 is 9.90 Å². The van der Waals surface area contributed by atoms with Crippen LogP contribution in [0.2, 0.25) is 0 Å². The number of carboxylic acids is 1. The summed E-state index contributed by atoms with van der Waals surface area (Å²) >= 11 is 0. The van der Waals surface area contributed by atoms with E-state index in [2.05, 4.69) is 18.2 Å². The quantitative estimate of drug-likeness (QED) is 0.785. The van der Waals surface area contributed by atoms with Crippen molar-refractivity contribution in [2.45, 2.75) is 19.8 Å². The molecule has 3 heteroatoms. The first-order valence-corrected chi connectivity index (χ1v) is 6.99. The van der Waals surface area contributed by atoms with Gasteiger partial charge < -0.3 is 10.5 Å². The third-order valence-corrected chi connectivity index (χ3v) is 3.43. The lowest BCUT2D eigenvalue weighted by Gasteiger charge is -2.09. The molecule has 0 heterocycles. The number of nitrogens with one attached hydrogen (secondary N) is 1. The van der Waals surface area contributed by atoms with Gasteiger partial charge in [-0.2, -0.15) is 0 Å². The van der Waals surface area contributed by atoms with Crippen LogP contribution in [0.3, 0.4) is 0 Å². The molecule has 0 aliphatic heterocycles. The third kappa shape index (κ3) is 4.28. The van der Waals surface area contributed by atoms with Crippen LogP contribution >= 0.6 is 0 Å². The molecule has 0 aliphatic carbocycles. The van der Waals surface area contributed by atoms with Gasteiger partial charge in [0.2, 0.25) is 0 Å². The van der Waals surface area contributed by atoms with Crippen molar-refractivity contribution in [1.29, 1.82) is 5.41 Å². The van der Waals surface area contributed by atoms with E-state index in [0.29, 0.717) is 18.6 Å². The van der Waals surface area contributed by atoms with E-state index in [9.17, 15) is 4.79 Å². The summed E-state index contributed by atoms with van der Waals surface area (Å²) in [4.78, 5) is 10.8. The molecule has 0 spiro atoms. The number of aliphatic carboxylic acids is 1. The molecule has 0 amide bonds. The van der Waals surface area contributed by atoms with Gasteiger partial charge in [0.25, 0.3) is 0 Å². The Morgan fingerprint density at radius 1 is 1.10 bits per heavy atom. The van der Waals surface area contributed by atoms with E-state index in [0.717, 1.165) is 16.7 Å². The van der Waals surface area contributed by atoms with Crippen LogP contribution in [0, 0.1) is 11.3 Å². The molecule has 0 aliphatic rings. The predicted molar refractivity (Wildman–Crippen MR) is 84.7 cm³/mol. The van der Waals surface area contributed by atoms with Gasteiger partial charge in [0.15, 0.2) is 0 Å². The Labute approximate surface area is 124 Å². The number of hydrogen-bond acceptors (Lipinski definition) is 2. The minimum Gasteiger partial charge on any atom is -0.481 e. The summed E-state index contributed by atoms with van der Waals surface area (Å²) in [7, 11) is 0. The molecule has 3 nitrogen and oxygen atoms in total. The SMILES string of the molecule is C[C@@H](CC(=N)Cc1cccc(-c2ccccc2)c1)C(=O)O. The summed E-state index contributed by atoms with van der Waals surface area (Å²) in [6, 6.07) is 18.1. The lowest BCUT2D eigenvalue weighted by molar-refractivity contribution is -0.140. The highest BCUT2D eigenvalue weighted by atomic mass is 16.4. The van der Waals surface area contributed by atoms with E-state index in [1.807, 2.05) is 36.4 Å². The summed E-state index contributed by atoms with van der Waals surface area (Å²) < 4.78 is 0. The van der Waals surface area contributed by atoms with Crippen LogP contribution in [-0.2, 0) is 11.2 Å². The summed E-state index contributed by atoms with van der Waals surface area (Å²) in [5.41, 5.74) is 3.76. The molecular weight excluding hydrogens is 262 g/mol. The second-order valence-electron chi connectivity index (χ2n) is 5.29. The van der Waals surface area contributed by atoms with E-state index in [1.165, 1.54) is 0 Å². The normalized spacial score (nSPS) is 11.9. The monoisotopic (exact) mass is 281 g/mol. The minimum absolute atomic E-state index is 0.297. The van der Waals surface area contributed by atoms with E-state index < -0.39 is 11.9 Å². The van der Waals surface area contributed by atoms with Crippen LogP contribution in [0.25, 0.3) is 11.1 Å². The molecule has 2 aromatic carbocycles. The Balaban J connectivity index is 2.08. The van der Waals surface area contributed by atoms with Crippen LogP contribution in [0.15, 0.2) is 54.6 Å². The molecule has 0 unspecified atom stereocenters. The van der Waals surface area contributed by atoms with Crippen LogP contribution in [0.5, 0.6) is 0 Å². The van der Waals surface area contributed by atoms with E-state index in [-0.39, 0.29) is 0 Å². The van der Waals surface area contributed by atoms with Crippen molar-refractivity contribution in [2.24, 2.45) is 5.92 Å². The summed E-state index contributed by atoms with van der Waals surface area (Å²) in [6.45, 7) is 1.64. The highest BCUT2D eigenvalue weighted by molar-refractivity contribution is 5.87. The first kappa shape index (κ1) is 15.0. The number of carboxylic acid groups (broad SMARTS) is 1. The highest BCUT2D eigenvalue weighted by Gasteiger charge is 2.13. The smallest absolute Gasteiger partial charge is 0.306 e. The van der Waals surface area contributed by atoms with Crippen molar-refractivity contribution in [3.8, 4) is 11.1 Å². The molecule has 2 rings (SSSR count). The lowest BCUT2D eigenvalue weighted by atomic mass is 9.97. The Kier molecular flexibility index (Phi) is 4.88. The fourth-order valence-corrected chi connectivity index (χ4v) is 2.27. The van der Waals surface area contributed by atoms with Gasteiger partial charge in [-0.1, -0.05) is 61.5 Å². The molecule has 1 atom stereocenters. The third-order valence-electron chi connectivity index (χ3n) is 3.43. The zero-order valence-electron chi connectivity index (χ0n) is 12.0. The largest absolute Gasteiger partial charge is 0.481 e. The topological polar surface area (TPSA) is 61.2 Å². The van der Waals surface area contributed by atoms with Gasteiger partial charge in [-0.3, -0.25) is 4.79 Å². The van der Waals surface area contributed by atoms with Crippen molar-refractivity contribution >= 4 is 11.7 Å². The highest BCUT2D eigenvalue weighted by Crippen LogP contribution is 2.20. The first-order chi connectivity index (χ1) is 10.1. The average Bonchev–Trinajstić information content (AvgIpc) is 2.48. The minimum atomic E-state index is -0.849. The maximum absolute atomic E-state index is 10.8. The zero-order chi connectivity index (χ0) is 15.2. The van der Waals surface area contributed by atoms with Crippen molar-refractivity contribution in [1.82, 2.24) is 0 Å². The van der Waals surface area contributed by atoms with E-state index >= 15 is 0 Å². The second-order valence-corrected chi connectivity index (χ2v) is 5.29. The first-order valence-electron chi connectivity index (χ1n) is 6.99. The van der Waals surface area contributed by atoms with E-state index in [4.69, 9.17) is 10.5 Å². The average molecular weight is 281 g/mol. The fraction of sp³-hybridized carbons (Fsp3) is 0.222. The standard InChI is InChI=1S/C18H19NO2/c1-13(18(20)21)10-17(19)12-14-6-5-9-16(11-14)15-7-3-2-4-8-15/h2-9,11,13,19H,10,12H2,1H3,(H,20,21)/t13-/m0/s1. The molecule has 0 saturated carbocycles. The van der Waals surface area contributed by atoms with E-state index in [1.54, 1.807) is 6.92 Å². The predicted octanol–water partition coefficient (Wildman–Crippen LogP) is 4.03. The Morgan fingerprint density at radius 3 is 2.43 bits per heavy atom. The maximum Gasteiger partial charge on any atom is 0.306 e. The maximum atomic E-state index is 10.8. The Bertz CT molecular complexity index is 635. The van der Waals surface area contributed by atoms with Crippen molar-refractivity contribution in [2.75, 3.05) is 0 Å². The van der Waals surface area contributed by atoms with Crippen LogP contribution < -0.4 is 0 Å². The lowest BCUT2D eigenvalue weighted by Crippen LogP contribution is -2.15. The Morgan fingerprint density at radius 2 is 1.76 bits per heavy atom. The van der Waals surface area contributed by atoms with Gasteiger partial charge in [0.1, 0.15) is 0 Å². The van der Waals surface area contributed by atoms with Crippen LogP contribution in [0.4, 0.5) is 0 Å². The molecule has 108 valence electrons. The van der Waals surface area contributed by atoms with Gasteiger partial charge >= 0.3 is 5.97 Å². The second kappa shape index (κ2) is 6.84. The van der Waals surface area contributed by atoms with Crippen LogP contribution in [-0.4, -0.2) is 16.8 Å². The van der Waals surface area contributed by atoms with Gasteiger partial charge in [-0.05, 0) is 23.1 Å². The number of benzene rings is 2. The number of rotatable bonds is 6. The summed E-state index contributed by atoms with van der Waals surface area (Å²) in [5.74, 6) is -1.35. The van der Waals surface area contributed by atoms with Crippen molar-refractivity contribution in [3.63, 3.8) is 0 Å². The molecule has 0 radical (unpaired) electrons. The Hall–Kier alpha value is -2.42. The molecule has 21 heavy (non-hydrogen) atoms. The van der Waals surface area contributed by atoms with Crippen LogP contribution in [0.1, 0.15) is 18.9 Å². The van der Waals surface area contributed by atoms with Gasteiger partial charge in [-0.25, -0.2) is 0 Å². The van der Waals surface area contributed by atoms with Crippen molar-refractivity contribution in [3.05, 3.63) is 60.2 Å². The zero-order valence-corrected chi connectivity index (χ0v) is 12.0. The molecular formula is C18H19NO2. The fourth-order valence-electron chi connectivity index (χ4n) is 2.27. The van der Waals surface area contributed by atoms with Gasteiger partial charge in [0, 0.05) is 12.1 Å². The molecule has 2 aromatic rings. The molecule has 0 aromatic heterocycles. The van der Waals surface area contributed by atoms with Gasteiger partial charge in [-0.15, -0.1) is 0 Å². The molecule has 2 N–H and O–H groups in total. The molecule has 0 bridgehead atoms.